The molecule has 0 aromatic heterocycles. The SMILES string of the molecule is CCN(C(=O)CC1(N)CCCC1)C1CCCC1. The van der Waals surface area contributed by atoms with Gasteiger partial charge in [-0.3, -0.25) is 4.79 Å². The molecule has 2 fully saturated rings. The predicted molar refractivity (Wildman–Crippen MR) is 69.6 cm³/mol. The molecule has 2 rings (SSSR count). The molecule has 3 heteroatoms. The zero-order chi connectivity index (χ0) is 12.3. The van der Waals surface area contributed by atoms with Crippen LogP contribution in [0.5, 0.6) is 0 Å². The van der Waals surface area contributed by atoms with Crippen molar-refractivity contribution >= 4 is 5.91 Å². The average molecular weight is 238 g/mol. The van der Waals surface area contributed by atoms with Gasteiger partial charge in [-0.25, -0.2) is 0 Å². The zero-order valence-corrected chi connectivity index (χ0v) is 11.1. The lowest BCUT2D eigenvalue weighted by molar-refractivity contribution is -0.134. The van der Waals surface area contributed by atoms with E-state index in [9.17, 15) is 4.79 Å². The first-order valence-electron chi connectivity index (χ1n) is 7.23. The minimum absolute atomic E-state index is 0.191. The topological polar surface area (TPSA) is 46.3 Å². The van der Waals surface area contributed by atoms with Crippen LogP contribution in [0.3, 0.4) is 0 Å². The Bertz CT molecular complexity index is 265. The molecule has 98 valence electrons. The molecule has 2 N–H and O–H groups in total. The predicted octanol–water partition coefficient (Wildman–Crippen LogP) is 2.44. The highest BCUT2D eigenvalue weighted by molar-refractivity contribution is 5.77. The first kappa shape index (κ1) is 12.9. The van der Waals surface area contributed by atoms with Crippen LogP contribution >= 0.6 is 0 Å². The Morgan fingerprint density at radius 1 is 1.24 bits per heavy atom. The molecule has 0 aromatic rings. The van der Waals surface area contributed by atoms with Gasteiger partial charge in [-0.15, -0.1) is 0 Å². The smallest absolute Gasteiger partial charge is 0.224 e. The van der Waals surface area contributed by atoms with E-state index in [1.165, 1.54) is 38.5 Å². The van der Waals surface area contributed by atoms with Crippen LogP contribution in [0.4, 0.5) is 0 Å². The minimum Gasteiger partial charge on any atom is -0.340 e. The monoisotopic (exact) mass is 238 g/mol. The number of hydrogen-bond donors (Lipinski definition) is 1. The molecular formula is C14H26N2O. The van der Waals surface area contributed by atoms with Crippen LogP contribution in [0.15, 0.2) is 0 Å². The van der Waals surface area contributed by atoms with Crippen molar-refractivity contribution < 1.29 is 4.79 Å². The number of nitrogens with zero attached hydrogens (tertiary/aromatic N) is 1. The number of carbonyl (C=O) groups excluding carboxylic acids is 1. The quantitative estimate of drug-likeness (QED) is 0.817. The van der Waals surface area contributed by atoms with Crippen molar-refractivity contribution in [3.8, 4) is 0 Å². The number of nitrogens with two attached hydrogens (primary N) is 1. The largest absolute Gasteiger partial charge is 0.340 e. The number of amides is 1. The van der Waals surface area contributed by atoms with E-state index in [0.29, 0.717) is 18.4 Å². The van der Waals surface area contributed by atoms with Gasteiger partial charge in [0.05, 0.1) is 0 Å². The van der Waals surface area contributed by atoms with Crippen molar-refractivity contribution in [3.05, 3.63) is 0 Å². The molecule has 0 heterocycles. The van der Waals surface area contributed by atoms with Crippen LogP contribution in [-0.2, 0) is 4.79 Å². The molecule has 0 aliphatic heterocycles. The maximum absolute atomic E-state index is 12.4. The van der Waals surface area contributed by atoms with Crippen LogP contribution in [0.1, 0.15) is 64.7 Å². The summed E-state index contributed by atoms with van der Waals surface area (Å²) in [5, 5.41) is 0. The Balaban J connectivity index is 1.92. The fourth-order valence-electron chi connectivity index (χ4n) is 3.51. The highest BCUT2D eigenvalue weighted by Gasteiger charge is 2.35. The number of hydrogen-bond acceptors (Lipinski definition) is 2. The Hall–Kier alpha value is -0.570. The minimum atomic E-state index is -0.191. The first-order valence-corrected chi connectivity index (χ1v) is 7.23. The third-order valence-corrected chi connectivity index (χ3v) is 4.53. The Morgan fingerprint density at radius 3 is 2.35 bits per heavy atom. The van der Waals surface area contributed by atoms with E-state index in [-0.39, 0.29) is 5.54 Å². The Kier molecular flexibility index (Phi) is 4.08. The molecule has 0 bridgehead atoms. The molecule has 2 aliphatic rings. The summed E-state index contributed by atoms with van der Waals surface area (Å²) in [6, 6.07) is 0.498. The average Bonchev–Trinajstić information content (AvgIpc) is 2.91. The van der Waals surface area contributed by atoms with E-state index in [4.69, 9.17) is 5.73 Å². The third kappa shape index (κ3) is 3.01. The van der Waals surface area contributed by atoms with Gasteiger partial charge in [0.25, 0.3) is 0 Å². The van der Waals surface area contributed by atoms with Crippen molar-refractivity contribution in [2.45, 2.75) is 76.3 Å². The van der Waals surface area contributed by atoms with Gasteiger partial charge in [-0.1, -0.05) is 25.7 Å². The number of rotatable bonds is 4. The van der Waals surface area contributed by atoms with E-state index in [1.807, 2.05) is 0 Å². The van der Waals surface area contributed by atoms with Crippen LogP contribution in [0.2, 0.25) is 0 Å². The van der Waals surface area contributed by atoms with Crippen molar-refractivity contribution in [2.24, 2.45) is 5.73 Å². The lowest BCUT2D eigenvalue weighted by atomic mass is 9.93. The van der Waals surface area contributed by atoms with Gasteiger partial charge < -0.3 is 10.6 Å². The second kappa shape index (κ2) is 5.38. The lowest BCUT2D eigenvalue weighted by Gasteiger charge is -2.32. The molecule has 0 unspecified atom stereocenters. The molecule has 0 radical (unpaired) electrons. The summed E-state index contributed by atoms with van der Waals surface area (Å²) < 4.78 is 0. The summed E-state index contributed by atoms with van der Waals surface area (Å²) in [6.07, 6.45) is 9.96. The van der Waals surface area contributed by atoms with Gasteiger partial charge in [0, 0.05) is 24.5 Å². The molecule has 0 aromatic carbocycles. The maximum Gasteiger partial charge on any atom is 0.224 e. The van der Waals surface area contributed by atoms with Crippen LogP contribution in [0, 0.1) is 0 Å². The van der Waals surface area contributed by atoms with Crippen molar-refractivity contribution in [2.75, 3.05) is 6.54 Å². The third-order valence-electron chi connectivity index (χ3n) is 4.53. The molecule has 2 aliphatic carbocycles. The van der Waals surface area contributed by atoms with Crippen LogP contribution < -0.4 is 5.73 Å². The van der Waals surface area contributed by atoms with Gasteiger partial charge in [0.1, 0.15) is 0 Å². The normalized spacial score (nSPS) is 24.1. The summed E-state index contributed by atoms with van der Waals surface area (Å²) in [6.45, 7) is 2.94. The summed E-state index contributed by atoms with van der Waals surface area (Å²) in [7, 11) is 0. The maximum atomic E-state index is 12.4. The first-order chi connectivity index (χ1) is 8.14. The summed E-state index contributed by atoms with van der Waals surface area (Å²) in [5.41, 5.74) is 6.11. The Labute approximate surface area is 105 Å². The number of carbonyl (C=O) groups is 1. The second-order valence-electron chi connectivity index (χ2n) is 5.86. The summed E-state index contributed by atoms with van der Waals surface area (Å²) in [4.78, 5) is 14.5. The van der Waals surface area contributed by atoms with Gasteiger partial charge in [0.2, 0.25) is 5.91 Å². The van der Waals surface area contributed by atoms with Crippen LogP contribution in [0.25, 0.3) is 0 Å². The fourth-order valence-corrected chi connectivity index (χ4v) is 3.51. The van der Waals surface area contributed by atoms with E-state index >= 15 is 0 Å². The zero-order valence-electron chi connectivity index (χ0n) is 11.1. The van der Waals surface area contributed by atoms with Crippen molar-refractivity contribution in [1.82, 2.24) is 4.90 Å². The molecular weight excluding hydrogens is 212 g/mol. The molecule has 0 saturated heterocycles. The van der Waals surface area contributed by atoms with E-state index in [2.05, 4.69) is 11.8 Å². The van der Waals surface area contributed by atoms with Crippen LogP contribution in [-0.4, -0.2) is 28.9 Å². The molecule has 3 nitrogen and oxygen atoms in total. The summed E-state index contributed by atoms with van der Waals surface area (Å²) in [5.74, 6) is 0.295. The van der Waals surface area contributed by atoms with E-state index in [0.717, 1.165) is 19.4 Å². The molecule has 2 saturated carbocycles. The highest BCUT2D eigenvalue weighted by atomic mass is 16.2. The lowest BCUT2D eigenvalue weighted by Crippen LogP contribution is -2.46. The molecule has 1 amide bonds. The van der Waals surface area contributed by atoms with E-state index in [1.54, 1.807) is 0 Å². The summed E-state index contributed by atoms with van der Waals surface area (Å²) >= 11 is 0. The standard InChI is InChI=1S/C14H26N2O/c1-2-16(12-7-3-4-8-12)13(17)11-14(15)9-5-6-10-14/h12H,2-11,15H2,1H3. The Morgan fingerprint density at radius 2 is 1.82 bits per heavy atom. The van der Waals surface area contributed by atoms with Crippen molar-refractivity contribution in [3.63, 3.8) is 0 Å². The fraction of sp³-hybridized carbons (Fsp3) is 0.929. The van der Waals surface area contributed by atoms with Gasteiger partial charge in [-0.2, -0.15) is 0 Å². The van der Waals surface area contributed by atoms with Gasteiger partial charge in [0.15, 0.2) is 0 Å². The molecule has 0 spiro atoms. The highest BCUT2D eigenvalue weighted by Crippen LogP contribution is 2.32. The molecule has 0 atom stereocenters. The molecule has 17 heavy (non-hydrogen) atoms. The van der Waals surface area contributed by atoms with Crippen molar-refractivity contribution in [1.29, 1.82) is 0 Å². The van der Waals surface area contributed by atoms with E-state index < -0.39 is 0 Å². The second-order valence-corrected chi connectivity index (χ2v) is 5.86. The van der Waals surface area contributed by atoms with Gasteiger partial charge >= 0.3 is 0 Å². The van der Waals surface area contributed by atoms with Gasteiger partial charge in [-0.05, 0) is 32.6 Å².